The molecule has 33 heavy (non-hydrogen) atoms. The summed E-state index contributed by atoms with van der Waals surface area (Å²) < 4.78 is 22.6. The molecule has 12 nitrogen and oxygen atoms in total. The highest BCUT2D eigenvalue weighted by Crippen LogP contribution is 2.37. The molecule has 1 aromatic rings. The largest absolute Gasteiger partial charge is 0.509 e. The van der Waals surface area contributed by atoms with E-state index in [9.17, 15) is 19.2 Å². The zero-order chi connectivity index (χ0) is 24.0. The van der Waals surface area contributed by atoms with Gasteiger partial charge in [-0.25, -0.2) is 19.9 Å². The number of unbranched alkanes of at least 4 members (excludes halogenated alkanes) is 2. The Balaban J connectivity index is 1.64. The molecule has 12 heteroatoms. The second kappa shape index (κ2) is 11.1. The normalized spacial score (nSPS) is 24.4. The number of nitrogens with zero attached hydrogens (tertiary/aromatic N) is 2. The van der Waals surface area contributed by atoms with Crippen molar-refractivity contribution in [1.29, 1.82) is 0 Å². The molecule has 5 atom stereocenters. The van der Waals surface area contributed by atoms with Crippen LogP contribution in [0.1, 0.15) is 59.1 Å². The fourth-order valence-electron chi connectivity index (χ4n) is 3.40. The summed E-state index contributed by atoms with van der Waals surface area (Å²) in [5.41, 5.74) is 1.63. The average Bonchev–Trinajstić information content (AvgIpc) is 3.33. The summed E-state index contributed by atoms with van der Waals surface area (Å²) in [6.45, 7) is 5.47. The number of aromatic nitrogens is 2. The second-order valence-electron chi connectivity index (χ2n) is 7.96. The van der Waals surface area contributed by atoms with E-state index < -0.39 is 48.3 Å². The smallest absolute Gasteiger partial charge is 0.463 e. The summed E-state index contributed by atoms with van der Waals surface area (Å²) in [5.74, 6) is -1.10. The van der Waals surface area contributed by atoms with Gasteiger partial charge in [0.15, 0.2) is 24.3 Å². The van der Waals surface area contributed by atoms with Gasteiger partial charge in [-0.15, -0.1) is 0 Å². The molecule has 0 unspecified atom stereocenters. The first-order valence-electron chi connectivity index (χ1n) is 11.1. The van der Waals surface area contributed by atoms with Gasteiger partial charge in [0.05, 0.1) is 5.92 Å². The lowest BCUT2D eigenvalue weighted by molar-refractivity contribution is -0.155. The number of ether oxygens (including phenoxy) is 4. The fourth-order valence-corrected chi connectivity index (χ4v) is 3.40. The molecule has 3 rings (SSSR count). The van der Waals surface area contributed by atoms with Gasteiger partial charge >= 0.3 is 23.8 Å². The molecule has 0 aliphatic carbocycles. The van der Waals surface area contributed by atoms with Gasteiger partial charge in [-0.2, -0.15) is 4.98 Å². The van der Waals surface area contributed by atoms with Crippen molar-refractivity contribution in [2.24, 2.45) is 5.92 Å². The summed E-state index contributed by atoms with van der Waals surface area (Å²) in [6.07, 6.45) is 0.343. The first-order valence-corrected chi connectivity index (χ1v) is 11.1. The summed E-state index contributed by atoms with van der Waals surface area (Å²) >= 11 is 0. The van der Waals surface area contributed by atoms with Crippen LogP contribution in [0.25, 0.3) is 0 Å². The number of nitrogens with one attached hydrogen (secondary N) is 1. The molecule has 2 aliphatic rings. The number of rotatable bonds is 11. The highest BCUT2D eigenvalue weighted by Gasteiger charge is 2.55. The van der Waals surface area contributed by atoms with E-state index in [-0.39, 0.29) is 24.8 Å². The van der Waals surface area contributed by atoms with Gasteiger partial charge in [0, 0.05) is 18.7 Å². The molecule has 2 saturated heterocycles. The second-order valence-corrected chi connectivity index (χ2v) is 7.96. The third-order valence-electron chi connectivity index (χ3n) is 5.51. The lowest BCUT2D eigenvalue weighted by atomic mass is 10.1. The fraction of sp³-hybridized carbons (Fsp3) is 0.667. The molecule has 0 amide bonds. The summed E-state index contributed by atoms with van der Waals surface area (Å²) in [6, 6.07) is 1.41. The van der Waals surface area contributed by atoms with Crippen LogP contribution in [0.15, 0.2) is 17.1 Å². The number of carbonyl (C=O) groups is 3. The standard InChI is InChI=1S/C21H29N3O9/c1-4-6-7-8-15(25)33-23-14-9-10-24(20(27)22-14)18-17-16(31-21(28)32-17)13(30-18)11-29-19(26)12(3)5-2/h9-10,12-13,16-18H,4-8,11H2,1-3H3,(H,22,23,27)/t12-,13+,16+,17+,18+/m0/s1. The Morgan fingerprint density at radius 3 is 2.67 bits per heavy atom. The molecule has 0 saturated carbocycles. The third-order valence-corrected chi connectivity index (χ3v) is 5.51. The molecule has 2 fully saturated rings. The lowest BCUT2D eigenvalue weighted by Crippen LogP contribution is -2.34. The van der Waals surface area contributed by atoms with Crippen LogP contribution in [0, 0.1) is 5.92 Å². The predicted molar refractivity (Wildman–Crippen MR) is 112 cm³/mol. The van der Waals surface area contributed by atoms with Crippen LogP contribution in [0.3, 0.4) is 0 Å². The van der Waals surface area contributed by atoms with Crippen LogP contribution >= 0.6 is 0 Å². The molecule has 182 valence electrons. The minimum absolute atomic E-state index is 0.0355. The maximum Gasteiger partial charge on any atom is 0.509 e. The van der Waals surface area contributed by atoms with E-state index in [1.54, 1.807) is 6.92 Å². The number of fused-ring (bicyclic) bond motifs is 1. The van der Waals surface area contributed by atoms with Crippen molar-refractivity contribution < 1.29 is 38.2 Å². The SMILES string of the molecule is CCCCCC(=O)ONc1ccn([C@@H]2O[C@H](COC(=O)[C@@H](C)CC)[C@H]3OC(=O)O[C@H]32)c(=O)n1. The van der Waals surface area contributed by atoms with Crippen LogP contribution < -0.4 is 11.2 Å². The first kappa shape index (κ1) is 24.5. The van der Waals surface area contributed by atoms with Crippen molar-refractivity contribution in [3.63, 3.8) is 0 Å². The number of esters is 1. The summed E-state index contributed by atoms with van der Waals surface area (Å²) in [5, 5.41) is 0. The van der Waals surface area contributed by atoms with Crippen LogP contribution in [0.2, 0.25) is 0 Å². The van der Waals surface area contributed by atoms with Gasteiger partial charge in [0.25, 0.3) is 0 Å². The Morgan fingerprint density at radius 1 is 1.21 bits per heavy atom. The number of anilines is 1. The zero-order valence-electron chi connectivity index (χ0n) is 18.9. The van der Waals surface area contributed by atoms with E-state index in [1.165, 1.54) is 12.3 Å². The molecule has 0 radical (unpaired) electrons. The minimum Gasteiger partial charge on any atom is -0.463 e. The maximum atomic E-state index is 12.6. The van der Waals surface area contributed by atoms with Crippen molar-refractivity contribution in [2.75, 3.05) is 12.1 Å². The highest BCUT2D eigenvalue weighted by molar-refractivity contribution is 5.72. The van der Waals surface area contributed by atoms with Crippen LogP contribution in [0.4, 0.5) is 10.6 Å². The number of hydrogen-bond acceptors (Lipinski definition) is 11. The van der Waals surface area contributed by atoms with Crippen LogP contribution in [-0.2, 0) is 33.4 Å². The highest BCUT2D eigenvalue weighted by atomic mass is 16.8. The van der Waals surface area contributed by atoms with E-state index in [1.807, 2.05) is 13.8 Å². The van der Waals surface area contributed by atoms with Gasteiger partial charge < -0.3 is 23.8 Å². The van der Waals surface area contributed by atoms with Gasteiger partial charge in [0.2, 0.25) is 0 Å². The Morgan fingerprint density at radius 2 is 1.97 bits per heavy atom. The van der Waals surface area contributed by atoms with Crippen molar-refractivity contribution in [3.8, 4) is 0 Å². The molecule has 3 heterocycles. The molecule has 2 aliphatic heterocycles. The van der Waals surface area contributed by atoms with Crippen molar-refractivity contribution >= 4 is 23.9 Å². The molecule has 1 aromatic heterocycles. The topological polar surface area (TPSA) is 144 Å². The molecule has 1 N–H and O–H groups in total. The van der Waals surface area contributed by atoms with Crippen LogP contribution in [-0.4, -0.2) is 52.6 Å². The predicted octanol–water partition coefficient (Wildman–Crippen LogP) is 2.08. The van der Waals surface area contributed by atoms with Crippen molar-refractivity contribution in [3.05, 3.63) is 22.7 Å². The molecule has 0 bridgehead atoms. The van der Waals surface area contributed by atoms with Crippen LogP contribution in [0.5, 0.6) is 0 Å². The minimum atomic E-state index is -1.03. The van der Waals surface area contributed by atoms with Gasteiger partial charge in [0.1, 0.15) is 12.7 Å². The Kier molecular flexibility index (Phi) is 8.26. The molecular weight excluding hydrogens is 438 g/mol. The van der Waals surface area contributed by atoms with Gasteiger partial charge in [-0.1, -0.05) is 33.6 Å². The Labute approximate surface area is 190 Å². The van der Waals surface area contributed by atoms with Gasteiger partial charge in [-0.3, -0.25) is 9.36 Å². The average molecular weight is 467 g/mol. The maximum absolute atomic E-state index is 12.6. The van der Waals surface area contributed by atoms with E-state index in [2.05, 4.69) is 10.5 Å². The monoisotopic (exact) mass is 467 g/mol. The first-order chi connectivity index (χ1) is 15.8. The lowest BCUT2D eigenvalue weighted by Gasteiger charge is -2.19. The van der Waals surface area contributed by atoms with E-state index in [4.69, 9.17) is 23.8 Å². The number of hydrogen-bond donors (Lipinski definition) is 1. The molecular formula is C21H29N3O9. The quantitative estimate of drug-likeness (QED) is 0.221. The Hall–Kier alpha value is -3.15. The van der Waals surface area contributed by atoms with E-state index in [0.29, 0.717) is 12.8 Å². The van der Waals surface area contributed by atoms with E-state index in [0.717, 1.165) is 17.4 Å². The van der Waals surface area contributed by atoms with Crippen molar-refractivity contribution in [2.45, 2.75) is 77.4 Å². The van der Waals surface area contributed by atoms with Crippen molar-refractivity contribution in [1.82, 2.24) is 9.55 Å². The molecule has 0 spiro atoms. The van der Waals surface area contributed by atoms with Gasteiger partial charge in [-0.05, 0) is 12.8 Å². The molecule has 0 aromatic carbocycles. The summed E-state index contributed by atoms with van der Waals surface area (Å²) in [4.78, 5) is 56.7. The number of carbonyl (C=O) groups excluding carboxylic acids is 3. The summed E-state index contributed by atoms with van der Waals surface area (Å²) in [7, 11) is 0. The van der Waals surface area contributed by atoms with E-state index >= 15 is 0 Å². The Bertz CT molecular complexity index is 918. The zero-order valence-corrected chi connectivity index (χ0v) is 18.9. The third kappa shape index (κ3) is 6.01.